The molecule has 0 fully saturated rings. The minimum absolute atomic E-state index is 0.0151. The van der Waals surface area contributed by atoms with Crippen LogP contribution in [0.3, 0.4) is 0 Å². The first-order valence-electron chi connectivity index (χ1n) is 5.66. The normalized spacial score (nSPS) is 14.4. The lowest BCUT2D eigenvalue weighted by molar-refractivity contribution is -0.0504. The maximum atomic E-state index is 12.2. The summed E-state index contributed by atoms with van der Waals surface area (Å²) >= 11 is 5.83. The van der Waals surface area contributed by atoms with Gasteiger partial charge in [0.2, 0.25) is 0 Å². The summed E-state index contributed by atoms with van der Waals surface area (Å²) in [6.45, 7) is -0.187. The number of alkyl halides is 2. The van der Waals surface area contributed by atoms with Crippen molar-refractivity contribution in [3.05, 3.63) is 28.8 Å². The lowest BCUT2D eigenvalue weighted by Gasteiger charge is -2.13. The molecule has 0 aromatic heterocycles. The van der Waals surface area contributed by atoms with Gasteiger partial charge in [0.1, 0.15) is 5.75 Å². The summed E-state index contributed by atoms with van der Waals surface area (Å²) in [6.07, 6.45) is 1.62. The van der Waals surface area contributed by atoms with E-state index in [0.29, 0.717) is 23.7 Å². The van der Waals surface area contributed by atoms with Gasteiger partial charge in [-0.15, -0.1) is 0 Å². The molecule has 0 radical (unpaired) electrons. The van der Waals surface area contributed by atoms with Crippen molar-refractivity contribution in [1.29, 1.82) is 0 Å². The maximum Gasteiger partial charge on any atom is 0.387 e. The average Bonchev–Trinajstić information content (AvgIpc) is 2.31. The molecule has 108 valence electrons. The van der Waals surface area contributed by atoms with Gasteiger partial charge in [-0.25, -0.2) is 0 Å². The highest BCUT2D eigenvalue weighted by Crippen LogP contribution is 2.24. The Hall–Kier alpha value is -0.720. The fraction of sp³-hybridized carbons (Fsp3) is 0.500. The molecule has 1 N–H and O–H groups in total. The molecule has 3 nitrogen and oxygen atoms in total. The average molecular weight is 312 g/mol. The first-order valence-corrected chi connectivity index (χ1v) is 7.66. The second-order valence-electron chi connectivity index (χ2n) is 4.07. The number of ether oxygens (including phenoxy) is 1. The largest absolute Gasteiger partial charge is 0.434 e. The van der Waals surface area contributed by atoms with E-state index in [1.807, 2.05) is 6.92 Å². The van der Waals surface area contributed by atoms with E-state index in [-0.39, 0.29) is 11.0 Å². The Kier molecular flexibility index (Phi) is 6.68. The van der Waals surface area contributed by atoms with Crippen molar-refractivity contribution >= 4 is 22.4 Å². The molecule has 1 rings (SSSR count). The van der Waals surface area contributed by atoms with Crippen LogP contribution in [0.5, 0.6) is 5.75 Å². The van der Waals surface area contributed by atoms with Crippen LogP contribution in [-0.4, -0.2) is 28.9 Å². The molecule has 2 unspecified atom stereocenters. The van der Waals surface area contributed by atoms with Crippen molar-refractivity contribution in [2.45, 2.75) is 25.3 Å². The van der Waals surface area contributed by atoms with Crippen LogP contribution in [0.4, 0.5) is 8.78 Å². The van der Waals surface area contributed by atoms with E-state index >= 15 is 0 Å². The number of halogens is 3. The van der Waals surface area contributed by atoms with Crippen molar-refractivity contribution in [2.24, 2.45) is 0 Å². The zero-order chi connectivity index (χ0) is 14.4. The molecular weight excluding hydrogens is 296 g/mol. The van der Waals surface area contributed by atoms with E-state index in [4.69, 9.17) is 11.6 Å². The van der Waals surface area contributed by atoms with Crippen molar-refractivity contribution in [3.63, 3.8) is 0 Å². The number of rotatable bonds is 7. The number of hydrogen-bond acceptors (Lipinski definition) is 3. The topological polar surface area (TPSA) is 38.3 Å². The molecule has 1 aromatic rings. The zero-order valence-electron chi connectivity index (χ0n) is 10.7. The molecule has 0 saturated carbocycles. The van der Waals surface area contributed by atoms with Gasteiger partial charge in [-0.1, -0.05) is 11.6 Å². The SMILES string of the molecule is CC(CNCc1cc(Cl)ccc1OC(F)F)S(C)=O. The number of hydrogen-bond donors (Lipinski definition) is 1. The molecule has 0 spiro atoms. The van der Waals surface area contributed by atoms with Gasteiger partial charge in [0.15, 0.2) is 0 Å². The molecule has 0 aliphatic carbocycles. The molecule has 0 aliphatic rings. The van der Waals surface area contributed by atoms with Gasteiger partial charge in [0.05, 0.1) is 0 Å². The summed E-state index contributed by atoms with van der Waals surface area (Å²) in [5, 5.41) is 3.48. The fourth-order valence-corrected chi connectivity index (χ4v) is 1.97. The highest BCUT2D eigenvalue weighted by molar-refractivity contribution is 7.84. The van der Waals surface area contributed by atoms with Crippen LogP contribution in [0, 0.1) is 0 Å². The Morgan fingerprint density at radius 1 is 1.47 bits per heavy atom. The molecular formula is C12H16ClF2NO2S. The van der Waals surface area contributed by atoms with Crippen LogP contribution in [0.2, 0.25) is 5.02 Å². The lowest BCUT2D eigenvalue weighted by Crippen LogP contribution is -2.27. The van der Waals surface area contributed by atoms with Crippen LogP contribution < -0.4 is 10.1 Å². The van der Waals surface area contributed by atoms with Gasteiger partial charge in [0.25, 0.3) is 0 Å². The summed E-state index contributed by atoms with van der Waals surface area (Å²) in [4.78, 5) is 0. The molecule has 7 heteroatoms. The Labute approximate surface area is 118 Å². The van der Waals surface area contributed by atoms with E-state index < -0.39 is 17.4 Å². The van der Waals surface area contributed by atoms with Crippen LogP contribution in [0.25, 0.3) is 0 Å². The fourth-order valence-electron chi connectivity index (χ4n) is 1.42. The standard InChI is InChI=1S/C12H16ClF2NO2S/c1-8(19(2)17)6-16-7-9-5-10(13)3-4-11(9)18-12(14)15/h3-5,8,12,16H,6-7H2,1-2H3. The third kappa shape index (κ3) is 5.84. The second kappa shape index (κ2) is 7.77. The van der Waals surface area contributed by atoms with Crippen molar-refractivity contribution in [2.75, 3.05) is 12.8 Å². The lowest BCUT2D eigenvalue weighted by atomic mass is 10.2. The van der Waals surface area contributed by atoms with Gasteiger partial charge in [0, 0.05) is 46.0 Å². The molecule has 0 amide bonds. The van der Waals surface area contributed by atoms with Crippen molar-refractivity contribution in [1.82, 2.24) is 5.32 Å². The smallest absolute Gasteiger partial charge is 0.387 e. The quantitative estimate of drug-likeness (QED) is 0.841. The van der Waals surface area contributed by atoms with Crippen molar-refractivity contribution < 1.29 is 17.7 Å². The second-order valence-corrected chi connectivity index (χ2v) is 6.31. The molecule has 0 aliphatic heterocycles. The Bertz CT molecular complexity index is 446. The van der Waals surface area contributed by atoms with E-state index in [0.717, 1.165) is 0 Å². The molecule has 0 saturated heterocycles. The van der Waals surface area contributed by atoms with Gasteiger partial charge >= 0.3 is 6.61 Å². The van der Waals surface area contributed by atoms with Crippen LogP contribution >= 0.6 is 11.6 Å². The third-order valence-electron chi connectivity index (χ3n) is 2.55. The minimum atomic E-state index is -2.87. The van der Waals surface area contributed by atoms with Gasteiger partial charge in [-0.3, -0.25) is 4.21 Å². The Morgan fingerprint density at radius 2 is 2.16 bits per heavy atom. The first-order chi connectivity index (χ1) is 8.90. The summed E-state index contributed by atoms with van der Waals surface area (Å²) < 4.78 is 40.1. The van der Waals surface area contributed by atoms with Gasteiger partial charge in [-0.2, -0.15) is 8.78 Å². The third-order valence-corrected chi connectivity index (χ3v) is 4.09. The minimum Gasteiger partial charge on any atom is -0.434 e. The summed E-state index contributed by atoms with van der Waals surface area (Å²) in [5.41, 5.74) is 0.543. The van der Waals surface area contributed by atoms with E-state index in [9.17, 15) is 13.0 Å². The zero-order valence-corrected chi connectivity index (χ0v) is 12.2. The van der Waals surface area contributed by atoms with Gasteiger partial charge < -0.3 is 10.1 Å². The molecule has 2 atom stereocenters. The number of nitrogens with one attached hydrogen (secondary N) is 1. The Balaban J connectivity index is 2.65. The van der Waals surface area contributed by atoms with E-state index in [1.165, 1.54) is 12.1 Å². The predicted octanol–water partition coefficient (Wildman–Crippen LogP) is 2.80. The molecule has 19 heavy (non-hydrogen) atoms. The first kappa shape index (κ1) is 16.3. The van der Waals surface area contributed by atoms with Crippen LogP contribution in [-0.2, 0) is 17.3 Å². The highest BCUT2D eigenvalue weighted by atomic mass is 35.5. The molecule has 1 aromatic carbocycles. The molecule has 0 heterocycles. The van der Waals surface area contributed by atoms with Crippen LogP contribution in [0.15, 0.2) is 18.2 Å². The summed E-state index contributed by atoms with van der Waals surface area (Å²) in [6, 6.07) is 4.47. The van der Waals surface area contributed by atoms with Gasteiger partial charge in [-0.05, 0) is 25.1 Å². The predicted molar refractivity (Wildman–Crippen MR) is 73.3 cm³/mol. The maximum absolute atomic E-state index is 12.2. The van der Waals surface area contributed by atoms with Crippen molar-refractivity contribution in [3.8, 4) is 5.75 Å². The van der Waals surface area contributed by atoms with E-state index in [1.54, 1.807) is 12.3 Å². The Morgan fingerprint density at radius 3 is 2.74 bits per heavy atom. The summed E-state index contributed by atoms with van der Waals surface area (Å²) in [7, 11) is -0.927. The van der Waals surface area contributed by atoms with Crippen LogP contribution in [0.1, 0.15) is 12.5 Å². The highest BCUT2D eigenvalue weighted by Gasteiger charge is 2.11. The summed E-state index contributed by atoms with van der Waals surface area (Å²) in [5.74, 6) is 0.0946. The number of benzene rings is 1. The molecule has 0 bridgehead atoms. The monoisotopic (exact) mass is 311 g/mol. The van der Waals surface area contributed by atoms with E-state index in [2.05, 4.69) is 10.1 Å².